The SMILES string of the molecule is CCOc1ccc(CCC(=O)N2CCc3[nH]nc(-c4ccc(Cl)cc4)c3C2)cc1OC. The van der Waals surface area contributed by atoms with Crippen molar-refractivity contribution in [2.75, 3.05) is 20.3 Å². The third kappa shape index (κ3) is 4.69. The summed E-state index contributed by atoms with van der Waals surface area (Å²) in [5.41, 5.74) is 5.13. The lowest BCUT2D eigenvalue weighted by molar-refractivity contribution is -0.132. The van der Waals surface area contributed by atoms with Crippen molar-refractivity contribution in [3.8, 4) is 22.8 Å². The maximum atomic E-state index is 12.9. The second kappa shape index (κ2) is 9.43. The molecule has 4 rings (SSSR count). The lowest BCUT2D eigenvalue weighted by Gasteiger charge is -2.27. The molecule has 1 aliphatic rings. The number of nitrogens with one attached hydrogen (secondary N) is 1. The standard InChI is InChI=1S/C24H26ClN3O3/c1-3-31-21-10-4-16(14-22(21)30-2)5-11-23(29)28-13-12-20-19(15-28)24(27-26-20)17-6-8-18(25)9-7-17/h4,6-10,14H,3,5,11-13,15H2,1-2H3,(H,26,27). The summed E-state index contributed by atoms with van der Waals surface area (Å²) in [7, 11) is 1.63. The second-order valence-corrected chi connectivity index (χ2v) is 7.96. The van der Waals surface area contributed by atoms with Crippen molar-refractivity contribution in [2.45, 2.75) is 32.7 Å². The molecule has 0 radical (unpaired) electrons. The zero-order chi connectivity index (χ0) is 21.8. The van der Waals surface area contributed by atoms with Crippen LogP contribution in [0.2, 0.25) is 5.02 Å². The van der Waals surface area contributed by atoms with Crippen LogP contribution in [0.3, 0.4) is 0 Å². The van der Waals surface area contributed by atoms with E-state index in [0.29, 0.717) is 43.3 Å². The first-order valence-electron chi connectivity index (χ1n) is 10.5. The molecule has 1 amide bonds. The van der Waals surface area contributed by atoms with E-state index in [-0.39, 0.29) is 5.91 Å². The summed E-state index contributed by atoms with van der Waals surface area (Å²) in [6, 6.07) is 13.5. The number of carbonyl (C=O) groups excluding carboxylic acids is 1. The molecule has 2 heterocycles. The number of rotatable bonds is 7. The van der Waals surface area contributed by atoms with Gasteiger partial charge >= 0.3 is 0 Å². The highest BCUT2D eigenvalue weighted by Gasteiger charge is 2.25. The normalized spacial score (nSPS) is 13.1. The van der Waals surface area contributed by atoms with Crippen molar-refractivity contribution in [1.82, 2.24) is 15.1 Å². The number of ether oxygens (including phenoxy) is 2. The van der Waals surface area contributed by atoms with Crippen LogP contribution in [-0.4, -0.2) is 41.3 Å². The Morgan fingerprint density at radius 2 is 2.00 bits per heavy atom. The van der Waals surface area contributed by atoms with Crippen molar-refractivity contribution < 1.29 is 14.3 Å². The Hall–Kier alpha value is -2.99. The number of aromatic nitrogens is 2. The molecular weight excluding hydrogens is 414 g/mol. The minimum Gasteiger partial charge on any atom is -0.493 e. The Bertz CT molecular complexity index is 1060. The van der Waals surface area contributed by atoms with Crippen molar-refractivity contribution in [2.24, 2.45) is 0 Å². The fraction of sp³-hybridized carbons (Fsp3) is 0.333. The lowest BCUT2D eigenvalue weighted by Crippen LogP contribution is -2.36. The Morgan fingerprint density at radius 3 is 2.74 bits per heavy atom. The summed E-state index contributed by atoms with van der Waals surface area (Å²) in [4.78, 5) is 14.9. The van der Waals surface area contributed by atoms with Crippen molar-refractivity contribution >= 4 is 17.5 Å². The summed E-state index contributed by atoms with van der Waals surface area (Å²) in [6.07, 6.45) is 1.87. The summed E-state index contributed by atoms with van der Waals surface area (Å²) in [5.74, 6) is 1.56. The molecule has 1 N–H and O–H groups in total. The molecular formula is C24H26ClN3O3. The highest BCUT2D eigenvalue weighted by atomic mass is 35.5. The van der Waals surface area contributed by atoms with Gasteiger partial charge in [0.1, 0.15) is 0 Å². The number of methoxy groups -OCH3 is 1. The van der Waals surface area contributed by atoms with E-state index in [0.717, 1.165) is 40.2 Å². The van der Waals surface area contributed by atoms with Gasteiger partial charge in [-0.05, 0) is 43.2 Å². The number of nitrogens with zero attached hydrogens (tertiary/aromatic N) is 2. The minimum absolute atomic E-state index is 0.141. The van der Waals surface area contributed by atoms with E-state index in [2.05, 4.69) is 10.2 Å². The first-order valence-corrected chi connectivity index (χ1v) is 10.9. The number of amides is 1. The molecule has 1 aromatic heterocycles. The van der Waals surface area contributed by atoms with Gasteiger partial charge in [0.05, 0.1) is 19.4 Å². The molecule has 0 bridgehead atoms. The Labute approximate surface area is 187 Å². The number of aryl methyl sites for hydroxylation is 1. The van der Waals surface area contributed by atoms with E-state index >= 15 is 0 Å². The van der Waals surface area contributed by atoms with Crippen LogP contribution in [-0.2, 0) is 24.2 Å². The van der Waals surface area contributed by atoms with Gasteiger partial charge in [-0.25, -0.2) is 0 Å². The van der Waals surface area contributed by atoms with Crippen LogP contribution in [0.5, 0.6) is 11.5 Å². The van der Waals surface area contributed by atoms with Crippen molar-refractivity contribution in [3.63, 3.8) is 0 Å². The van der Waals surface area contributed by atoms with Crippen LogP contribution >= 0.6 is 11.6 Å². The topological polar surface area (TPSA) is 67.5 Å². The summed E-state index contributed by atoms with van der Waals surface area (Å²) >= 11 is 6.01. The van der Waals surface area contributed by atoms with Gasteiger partial charge in [-0.15, -0.1) is 0 Å². The van der Waals surface area contributed by atoms with Crippen LogP contribution in [0.4, 0.5) is 0 Å². The van der Waals surface area contributed by atoms with E-state index in [1.807, 2.05) is 54.3 Å². The highest BCUT2D eigenvalue weighted by molar-refractivity contribution is 6.30. The van der Waals surface area contributed by atoms with Gasteiger partial charge in [0, 0.05) is 47.8 Å². The fourth-order valence-corrected chi connectivity index (χ4v) is 4.03. The molecule has 0 saturated heterocycles. The van der Waals surface area contributed by atoms with Crippen molar-refractivity contribution in [3.05, 3.63) is 64.3 Å². The molecule has 3 aromatic rings. The second-order valence-electron chi connectivity index (χ2n) is 7.52. The quantitative estimate of drug-likeness (QED) is 0.581. The van der Waals surface area contributed by atoms with Crippen LogP contribution in [0.25, 0.3) is 11.3 Å². The molecule has 0 unspecified atom stereocenters. The highest BCUT2D eigenvalue weighted by Crippen LogP contribution is 2.30. The average Bonchev–Trinajstić information content (AvgIpc) is 3.22. The van der Waals surface area contributed by atoms with Crippen LogP contribution in [0, 0.1) is 0 Å². The van der Waals surface area contributed by atoms with Crippen LogP contribution in [0.1, 0.15) is 30.2 Å². The smallest absolute Gasteiger partial charge is 0.223 e. The fourth-order valence-electron chi connectivity index (χ4n) is 3.91. The van der Waals surface area contributed by atoms with Crippen LogP contribution < -0.4 is 9.47 Å². The molecule has 0 aliphatic carbocycles. The number of hydrogen-bond donors (Lipinski definition) is 1. The van der Waals surface area contributed by atoms with E-state index < -0.39 is 0 Å². The molecule has 0 saturated carbocycles. The summed E-state index contributed by atoms with van der Waals surface area (Å²) < 4.78 is 11.0. The third-order valence-corrected chi connectivity index (χ3v) is 5.81. The van der Waals surface area contributed by atoms with E-state index in [4.69, 9.17) is 21.1 Å². The van der Waals surface area contributed by atoms with Crippen LogP contribution in [0.15, 0.2) is 42.5 Å². The van der Waals surface area contributed by atoms with Gasteiger partial charge in [-0.3, -0.25) is 9.89 Å². The van der Waals surface area contributed by atoms with Gasteiger partial charge in [0.15, 0.2) is 11.5 Å². The Kier molecular flexibility index (Phi) is 6.47. The lowest BCUT2D eigenvalue weighted by atomic mass is 10.0. The number of halogens is 1. The third-order valence-electron chi connectivity index (χ3n) is 5.56. The summed E-state index contributed by atoms with van der Waals surface area (Å²) in [6.45, 7) is 3.78. The number of H-pyrrole nitrogens is 1. The average molecular weight is 440 g/mol. The monoisotopic (exact) mass is 439 g/mol. The van der Waals surface area contributed by atoms with Gasteiger partial charge < -0.3 is 14.4 Å². The number of carbonyl (C=O) groups is 1. The minimum atomic E-state index is 0.141. The molecule has 0 atom stereocenters. The molecule has 7 heteroatoms. The zero-order valence-corrected chi connectivity index (χ0v) is 18.5. The van der Waals surface area contributed by atoms with E-state index in [1.54, 1.807) is 7.11 Å². The van der Waals surface area contributed by atoms with Gasteiger partial charge in [0.2, 0.25) is 5.91 Å². The molecule has 31 heavy (non-hydrogen) atoms. The number of benzene rings is 2. The molecule has 0 fully saturated rings. The largest absolute Gasteiger partial charge is 0.493 e. The number of aromatic amines is 1. The maximum Gasteiger partial charge on any atom is 0.223 e. The number of hydrogen-bond acceptors (Lipinski definition) is 4. The van der Waals surface area contributed by atoms with E-state index in [9.17, 15) is 4.79 Å². The van der Waals surface area contributed by atoms with Gasteiger partial charge in [-0.2, -0.15) is 5.10 Å². The molecule has 162 valence electrons. The molecule has 6 nitrogen and oxygen atoms in total. The van der Waals surface area contributed by atoms with Gasteiger partial charge in [-0.1, -0.05) is 29.8 Å². The predicted molar refractivity (Wildman–Crippen MR) is 121 cm³/mol. The van der Waals surface area contributed by atoms with Crippen molar-refractivity contribution in [1.29, 1.82) is 0 Å². The number of fused-ring (bicyclic) bond motifs is 1. The first kappa shape index (κ1) is 21.2. The maximum absolute atomic E-state index is 12.9. The van der Waals surface area contributed by atoms with Gasteiger partial charge in [0.25, 0.3) is 0 Å². The zero-order valence-electron chi connectivity index (χ0n) is 17.8. The molecule has 0 spiro atoms. The molecule has 1 aliphatic heterocycles. The van der Waals surface area contributed by atoms with E-state index in [1.165, 1.54) is 0 Å². The molecule has 2 aromatic carbocycles. The Balaban J connectivity index is 1.42. The summed E-state index contributed by atoms with van der Waals surface area (Å²) in [5, 5.41) is 8.32. The Morgan fingerprint density at radius 1 is 1.19 bits per heavy atom. The first-order chi connectivity index (χ1) is 15.1. The predicted octanol–water partition coefficient (Wildman–Crippen LogP) is 4.65.